The molecule has 1 fully saturated rings. The van der Waals surface area contributed by atoms with Crippen LogP contribution in [0.3, 0.4) is 0 Å². The molecule has 1 nitrogen and oxygen atoms in total. The Labute approximate surface area is 67.4 Å². The third kappa shape index (κ3) is 0.661. The molecular weight excluding hydrogens is 136 g/mol. The van der Waals surface area contributed by atoms with Gasteiger partial charge < -0.3 is 5.11 Å². The first-order chi connectivity index (χ1) is 5.03. The normalized spacial score (nSPS) is 39.5. The van der Waals surface area contributed by atoms with Crippen molar-refractivity contribution in [2.24, 2.45) is 17.3 Å². The van der Waals surface area contributed by atoms with E-state index in [2.05, 4.69) is 20.4 Å². The van der Waals surface area contributed by atoms with Crippen LogP contribution in [0.25, 0.3) is 0 Å². The number of aliphatic hydroxyl groups excluding tert-OH is 1. The highest BCUT2D eigenvalue weighted by molar-refractivity contribution is 5.35. The lowest BCUT2D eigenvalue weighted by atomic mass is 9.49. The zero-order valence-corrected chi connectivity index (χ0v) is 7.09. The van der Waals surface area contributed by atoms with Crippen LogP contribution in [0.4, 0.5) is 0 Å². The van der Waals surface area contributed by atoms with Crippen molar-refractivity contribution < 1.29 is 5.11 Å². The van der Waals surface area contributed by atoms with Gasteiger partial charge >= 0.3 is 0 Å². The number of allylic oxidation sites excluding steroid dienone is 3. The molecule has 1 unspecified atom stereocenters. The standard InChI is InChI=1S/C10H14O/c1-6-4-9(11)8-5-7(6)10(8,2)3/h4,7-8,11H,1,5H2,2-3H3/t7?,8-/m1/s1. The molecule has 0 heterocycles. The Morgan fingerprint density at radius 3 is 2.55 bits per heavy atom. The molecule has 0 spiro atoms. The number of fused-ring (bicyclic) bond motifs is 1. The molecule has 0 amide bonds. The molecule has 3 aliphatic carbocycles. The highest BCUT2D eigenvalue weighted by Crippen LogP contribution is 2.59. The van der Waals surface area contributed by atoms with Gasteiger partial charge in [0.2, 0.25) is 0 Å². The first-order valence-electron chi connectivity index (χ1n) is 4.13. The largest absolute Gasteiger partial charge is 0.512 e. The fraction of sp³-hybridized carbons (Fsp3) is 0.600. The highest BCUT2D eigenvalue weighted by atomic mass is 16.3. The second kappa shape index (κ2) is 1.71. The monoisotopic (exact) mass is 150 g/mol. The van der Waals surface area contributed by atoms with Crippen molar-refractivity contribution in [1.82, 2.24) is 0 Å². The van der Waals surface area contributed by atoms with E-state index in [-0.39, 0.29) is 5.41 Å². The maximum absolute atomic E-state index is 9.52. The van der Waals surface area contributed by atoms with Gasteiger partial charge in [0, 0.05) is 5.92 Å². The second-order valence-corrected chi connectivity index (χ2v) is 4.31. The van der Waals surface area contributed by atoms with E-state index in [1.807, 2.05) is 6.08 Å². The molecule has 1 N–H and O–H groups in total. The van der Waals surface area contributed by atoms with Crippen molar-refractivity contribution >= 4 is 0 Å². The minimum absolute atomic E-state index is 0.260. The topological polar surface area (TPSA) is 20.2 Å². The maximum Gasteiger partial charge on any atom is 0.0961 e. The van der Waals surface area contributed by atoms with Crippen LogP contribution in [0.5, 0.6) is 0 Å². The molecule has 0 saturated heterocycles. The quantitative estimate of drug-likeness (QED) is 0.563. The zero-order chi connectivity index (χ0) is 8.22. The van der Waals surface area contributed by atoms with Crippen LogP contribution in [0.1, 0.15) is 20.3 Å². The molecule has 1 saturated carbocycles. The molecule has 0 aromatic carbocycles. The van der Waals surface area contributed by atoms with Gasteiger partial charge in [-0.1, -0.05) is 20.4 Å². The summed E-state index contributed by atoms with van der Waals surface area (Å²) in [7, 11) is 0. The maximum atomic E-state index is 9.52. The van der Waals surface area contributed by atoms with E-state index < -0.39 is 0 Å². The molecule has 3 aliphatic rings. The number of hydrogen-bond donors (Lipinski definition) is 1. The van der Waals surface area contributed by atoms with Gasteiger partial charge in [0.05, 0.1) is 5.76 Å². The molecule has 2 bridgehead atoms. The minimum atomic E-state index is 0.260. The molecule has 0 aliphatic heterocycles. The highest BCUT2D eigenvalue weighted by Gasteiger charge is 2.53. The average Bonchev–Trinajstić information content (AvgIpc) is 1.84. The minimum Gasteiger partial charge on any atom is -0.512 e. The average molecular weight is 150 g/mol. The molecule has 60 valence electrons. The fourth-order valence-electron chi connectivity index (χ4n) is 2.45. The predicted molar refractivity (Wildman–Crippen MR) is 45.2 cm³/mol. The lowest BCUT2D eigenvalue weighted by molar-refractivity contribution is -0.00546. The Bertz CT molecular complexity index is 248. The van der Waals surface area contributed by atoms with Crippen LogP contribution < -0.4 is 0 Å². The van der Waals surface area contributed by atoms with Crippen LogP contribution in [-0.4, -0.2) is 5.11 Å². The first kappa shape index (κ1) is 6.96. The van der Waals surface area contributed by atoms with Crippen molar-refractivity contribution in [2.75, 3.05) is 0 Å². The van der Waals surface area contributed by atoms with Crippen LogP contribution in [-0.2, 0) is 0 Å². The molecule has 11 heavy (non-hydrogen) atoms. The third-order valence-corrected chi connectivity index (χ3v) is 3.41. The van der Waals surface area contributed by atoms with E-state index in [9.17, 15) is 5.11 Å². The van der Waals surface area contributed by atoms with Gasteiger partial charge in [0.15, 0.2) is 0 Å². The van der Waals surface area contributed by atoms with Crippen molar-refractivity contribution in [2.45, 2.75) is 20.3 Å². The van der Waals surface area contributed by atoms with Gasteiger partial charge in [-0.05, 0) is 29.4 Å². The van der Waals surface area contributed by atoms with E-state index >= 15 is 0 Å². The summed E-state index contributed by atoms with van der Waals surface area (Å²) in [6.07, 6.45) is 2.94. The lowest BCUT2D eigenvalue weighted by Gasteiger charge is -2.55. The predicted octanol–water partition coefficient (Wildman–Crippen LogP) is 2.66. The number of aliphatic hydroxyl groups is 1. The summed E-state index contributed by atoms with van der Waals surface area (Å²) >= 11 is 0. The lowest BCUT2D eigenvalue weighted by Crippen LogP contribution is -2.48. The molecule has 1 heteroatoms. The van der Waals surface area contributed by atoms with Crippen LogP contribution in [0.15, 0.2) is 24.0 Å². The van der Waals surface area contributed by atoms with E-state index in [4.69, 9.17) is 0 Å². The van der Waals surface area contributed by atoms with Crippen molar-refractivity contribution in [1.29, 1.82) is 0 Å². The summed E-state index contributed by atoms with van der Waals surface area (Å²) in [5, 5.41) is 9.52. The molecule has 0 aromatic rings. The molecule has 3 rings (SSSR count). The summed E-state index contributed by atoms with van der Waals surface area (Å²) in [6, 6.07) is 0. The fourth-order valence-corrected chi connectivity index (χ4v) is 2.45. The summed E-state index contributed by atoms with van der Waals surface area (Å²) in [4.78, 5) is 0. The van der Waals surface area contributed by atoms with E-state index in [0.29, 0.717) is 17.6 Å². The van der Waals surface area contributed by atoms with Crippen LogP contribution >= 0.6 is 0 Å². The molecule has 2 atom stereocenters. The van der Waals surface area contributed by atoms with Crippen LogP contribution in [0, 0.1) is 17.3 Å². The van der Waals surface area contributed by atoms with Gasteiger partial charge in [0.1, 0.15) is 0 Å². The summed E-state index contributed by atoms with van der Waals surface area (Å²) in [6.45, 7) is 8.36. The summed E-state index contributed by atoms with van der Waals surface area (Å²) in [5.74, 6) is 1.56. The Morgan fingerprint density at radius 1 is 1.55 bits per heavy atom. The van der Waals surface area contributed by atoms with Crippen LogP contribution in [0.2, 0.25) is 0 Å². The molecular formula is C10H14O. The van der Waals surface area contributed by atoms with E-state index in [0.717, 1.165) is 12.0 Å². The van der Waals surface area contributed by atoms with Gasteiger partial charge in [-0.15, -0.1) is 0 Å². The van der Waals surface area contributed by atoms with Gasteiger partial charge in [-0.25, -0.2) is 0 Å². The third-order valence-electron chi connectivity index (χ3n) is 3.41. The Morgan fingerprint density at radius 2 is 2.18 bits per heavy atom. The van der Waals surface area contributed by atoms with Gasteiger partial charge in [-0.3, -0.25) is 0 Å². The van der Waals surface area contributed by atoms with Crippen molar-refractivity contribution in [3.8, 4) is 0 Å². The second-order valence-electron chi connectivity index (χ2n) is 4.31. The first-order valence-corrected chi connectivity index (χ1v) is 4.13. The van der Waals surface area contributed by atoms with Crippen molar-refractivity contribution in [3.63, 3.8) is 0 Å². The Kier molecular flexibility index (Phi) is 1.08. The Balaban J connectivity index is 2.42. The SMILES string of the molecule is C=C1C=C(O)[C@H]2CC1C2(C)C. The number of hydrogen-bond acceptors (Lipinski definition) is 1. The van der Waals surface area contributed by atoms with E-state index in [1.54, 1.807) is 0 Å². The van der Waals surface area contributed by atoms with Gasteiger partial charge in [0.25, 0.3) is 0 Å². The zero-order valence-electron chi connectivity index (χ0n) is 7.09. The smallest absolute Gasteiger partial charge is 0.0961 e. The Hall–Kier alpha value is -0.720. The van der Waals surface area contributed by atoms with Gasteiger partial charge in [-0.2, -0.15) is 0 Å². The van der Waals surface area contributed by atoms with E-state index in [1.165, 1.54) is 0 Å². The summed E-state index contributed by atoms with van der Waals surface area (Å²) in [5.41, 5.74) is 1.37. The number of rotatable bonds is 0. The molecule has 0 aromatic heterocycles. The summed E-state index contributed by atoms with van der Waals surface area (Å²) < 4.78 is 0. The van der Waals surface area contributed by atoms with Crippen molar-refractivity contribution in [3.05, 3.63) is 24.0 Å². The molecule has 0 radical (unpaired) electrons.